The van der Waals surface area contributed by atoms with Crippen molar-refractivity contribution >= 4 is 50.0 Å². The van der Waals surface area contributed by atoms with Gasteiger partial charge < -0.3 is 24.3 Å². The number of carbonyl (C=O) groups excluding carboxylic acids is 1. The van der Waals surface area contributed by atoms with Crippen LogP contribution in [0.3, 0.4) is 0 Å². The Bertz CT molecular complexity index is 1260. The minimum absolute atomic E-state index is 0.0861. The number of anilines is 2. The lowest BCUT2D eigenvalue weighted by molar-refractivity contribution is 0.208. The molecule has 0 atom stereocenters. The van der Waals surface area contributed by atoms with Crippen molar-refractivity contribution in [2.24, 2.45) is 0 Å². The van der Waals surface area contributed by atoms with Crippen molar-refractivity contribution in [1.29, 1.82) is 0 Å². The Morgan fingerprint density at radius 1 is 1.06 bits per heavy atom. The van der Waals surface area contributed by atoms with E-state index in [2.05, 4.69) is 48.9 Å². The fourth-order valence-corrected chi connectivity index (χ4v) is 4.44. The van der Waals surface area contributed by atoms with Crippen molar-refractivity contribution < 1.29 is 9.53 Å². The van der Waals surface area contributed by atoms with Gasteiger partial charge in [-0.1, -0.05) is 15.9 Å². The van der Waals surface area contributed by atoms with E-state index in [0.717, 1.165) is 51.4 Å². The van der Waals surface area contributed by atoms with E-state index in [4.69, 9.17) is 9.72 Å². The van der Waals surface area contributed by atoms with Crippen LogP contribution in [0.15, 0.2) is 65.3 Å². The fourth-order valence-electron chi connectivity index (χ4n) is 4.09. The third-order valence-corrected chi connectivity index (χ3v) is 6.18. The summed E-state index contributed by atoms with van der Waals surface area (Å²) in [6.07, 6.45) is 2.07. The number of aromatic nitrogens is 2. The Hall–Kier alpha value is -3.26. The Labute approximate surface area is 194 Å². The first-order valence-electron chi connectivity index (χ1n) is 10.7. The number of nitrogens with one attached hydrogen (secondary N) is 1. The quantitative estimate of drug-likeness (QED) is 0.434. The van der Waals surface area contributed by atoms with Gasteiger partial charge >= 0.3 is 6.03 Å². The average molecular weight is 494 g/mol. The van der Waals surface area contributed by atoms with Gasteiger partial charge in [0.15, 0.2) is 5.82 Å². The Kier molecular flexibility index (Phi) is 5.61. The number of carbonyl (C=O) groups is 1. The summed E-state index contributed by atoms with van der Waals surface area (Å²) in [6.45, 7) is 5.29. The molecular weight excluding hydrogens is 470 g/mol. The zero-order valence-electron chi connectivity index (χ0n) is 17.8. The molecule has 2 amide bonds. The summed E-state index contributed by atoms with van der Waals surface area (Å²) in [5, 5.41) is 2.98. The van der Waals surface area contributed by atoms with Crippen molar-refractivity contribution in [2.45, 2.75) is 6.92 Å². The van der Waals surface area contributed by atoms with Crippen molar-refractivity contribution in [3.8, 4) is 5.75 Å². The van der Waals surface area contributed by atoms with Crippen LogP contribution in [0.25, 0.3) is 16.6 Å². The zero-order chi connectivity index (χ0) is 22.1. The van der Waals surface area contributed by atoms with E-state index >= 15 is 0 Å². The first-order valence-corrected chi connectivity index (χ1v) is 11.5. The molecule has 2 aromatic carbocycles. The molecule has 0 aliphatic carbocycles. The summed E-state index contributed by atoms with van der Waals surface area (Å²) in [7, 11) is 0. The van der Waals surface area contributed by atoms with Crippen LogP contribution in [0.4, 0.5) is 16.3 Å². The van der Waals surface area contributed by atoms with Crippen molar-refractivity contribution in [3.05, 3.63) is 65.3 Å². The Morgan fingerprint density at radius 2 is 1.84 bits per heavy atom. The second-order valence-electron chi connectivity index (χ2n) is 7.69. The van der Waals surface area contributed by atoms with Gasteiger partial charge in [-0.3, -0.25) is 0 Å². The van der Waals surface area contributed by atoms with E-state index in [0.29, 0.717) is 19.7 Å². The van der Waals surface area contributed by atoms with E-state index in [9.17, 15) is 4.79 Å². The first-order chi connectivity index (χ1) is 15.6. The molecule has 7 nitrogen and oxygen atoms in total. The molecule has 8 heteroatoms. The number of urea groups is 1. The molecule has 2 aromatic heterocycles. The molecule has 1 aliphatic rings. The lowest BCUT2D eigenvalue weighted by atomic mass is 10.2. The van der Waals surface area contributed by atoms with E-state index in [1.54, 1.807) is 0 Å². The fraction of sp³-hybridized carbons (Fsp3) is 0.250. The highest BCUT2D eigenvalue weighted by Gasteiger charge is 2.24. The highest BCUT2D eigenvalue weighted by Crippen LogP contribution is 2.28. The molecule has 1 aliphatic heterocycles. The van der Waals surface area contributed by atoms with Crippen LogP contribution in [0.2, 0.25) is 0 Å². The molecule has 1 saturated heterocycles. The summed E-state index contributed by atoms with van der Waals surface area (Å²) < 4.78 is 8.64. The van der Waals surface area contributed by atoms with Crippen molar-refractivity contribution in [1.82, 2.24) is 14.3 Å². The molecule has 4 aromatic rings. The third kappa shape index (κ3) is 3.98. The molecule has 0 bridgehead atoms. The van der Waals surface area contributed by atoms with Crippen LogP contribution in [0, 0.1) is 0 Å². The predicted octanol–water partition coefficient (Wildman–Crippen LogP) is 5.00. The predicted molar refractivity (Wildman–Crippen MR) is 131 cm³/mol. The van der Waals surface area contributed by atoms with Crippen LogP contribution in [0.1, 0.15) is 6.92 Å². The normalized spacial score (nSPS) is 14.2. The maximum absolute atomic E-state index is 12.7. The number of fused-ring (bicyclic) bond motifs is 3. The van der Waals surface area contributed by atoms with Gasteiger partial charge in [0.2, 0.25) is 0 Å². The standard InChI is InChI=1S/C24H24BrN5O2/c1-2-32-19-8-6-18(7-9-19)26-24(31)29-14-12-28(13-15-29)23-22-4-3-11-30(22)21-10-5-17(25)16-20(21)27-23/h3-11,16H,2,12-15H2,1H3,(H,26,31). The lowest BCUT2D eigenvalue weighted by Gasteiger charge is -2.35. The molecule has 164 valence electrons. The minimum Gasteiger partial charge on any atom is -0.494 e. The van der Waals surface area contributed by atoms with Gasteiger partial charge in [0.05, 0.1) is 23.2 Å². The molecule has 5 rings (SSSR count). The molecule has 0 radical (unpaired) electrons. The number of amides is 2. The summed E-state index contributed by atoms with van der Waals surface area (Å²) in [5.74, 6) is 1.75. The third-order valence-electron chi connectivity index (χ3n) is 5.68. The topological polar surface area (TPSA) is 62.1 Å². The van der Waals surface area contributed by atoms with Crippen molar-refractivity contribution in [3.63, 3.8) is 0 Å². The van der Waals surface area contributed by atoms with Crippen molar-refractivity contribution in [2.75, 3.05) is 43.0 Å². The summed E-state index contributed by atoms with van der Waals surface area (Å²) in [5.41, 5.74) is 3.85. The van der Waals surface area contributed by atoms with E-state index in [1.165, 1.54) is 0 Å². The van der Waals surface area contributed by atoms with E-state index in [-0.39, 0.29) is 6.03 Å². The van der Waals surface area contributed by atoms with Crippen LogP contribution in [-0.4, -0.2) is 53.1 Å². The molecule has 0 spiro atoms. The molecule has 3 heterocycles. The maximum atomic E-state index is 12.7. The number of piperazine rings is 1. The van der Waals surface area contributed by atoms with Crippen LogP contribution in [0.5, 0.6) is 5.75 Å². The average Bonchev–Trinajstić information content (AvgIpc) is 3.30. The van der Waals surface area contributed by atoms with E-state index in [1.807, 2.05) is 54.3 Å². The smallest absolute Gasteiger partial charge is 0.321 e. The van der Waals surface area contributed by atoms with Gasteiger partial charge in [-0.2, -0.15) is 0 Å². The van der Waals surface area contributed by atoms with Crippen LogP contribution >= 0.6 is 15.9 Å². The molecule has 1 fully saturated rings. The maximum Gasteiger partial charge on any atom is 0.321 e. The van der Waals surface area contributed by atoms with Gasteiger partial charge in [-0.15, -0.1) is 0 Å². The number of hydrogen-bond donors (Lipinski definition) is 1. The van der Waals surface area contributed by atoms with Gasteiger partial charge in [0, 0.05) is 42.5 Å². The summed E-state index contributed by atoms with van der Waals surface area (Å²) in [4.78, 5) is 21.8. The van der Waals surface area contributed by atoms with E-state index < -0.39 is 0 Å². The molecule has 32 heavy (non-hydrogen) atoms. The second kappa shape index (κ2) is 8.70. The monoisotopic (exact) mass is 493 g/mol. The number of benzene rings is 2. The highest BCUT2D eigenvalue weighted by atomic mass is 79.9. The zero-order valence-corrected chi connectivity index (χ0v) is 19.4. The van der Waals surface area contributed by atoms with Gasteiger partial charge in [0.1, 0.15) is 5.75 Å². The minimum atomic E-state index is -0.0861. The van der Waals surface area contributed by atoms with Gasteiger partial charge in [-0.05, 0) is 61.5 Å². The number of ether oxygens (including phenoxy) is 1. The number of hydrogen-bond acceptors (Lipinski definition) is 4. The largest absolute Gasteiger partial charge is 0.494 e. The number of halogens is 1. The van der Waals surface area contributed by atoms with Crippen LogP contribution in [-0.2, 0) is 0 Å². The SMILES string of the molecule is CCOc1ccc(NC(=O)N2CCN(c3nc4cc(Br)ccc4n4cccc34)CC2)cc1. The first kappa shape index (κ1) is 20.6. The Balaban J connectivity index is 1.29. The second-order valence-corrected chi connectivity index (χ2v) is 8.61. The molecule has 0 saturated carbocycles. The molecular formula is C24H24BrN5O2. The molecule has 0 unspecified atom stereocenters. The Morgan fingerprint density at radius 3 is 2.59 bits per heavy atom. The highest BCUT2D eigenvalue weighted by molar-refractivity contribution is 9.10. The lowest BCUT2D eigenvalue weighted by Crippen LogP contribution is -2.50. The number of nitrogens with zero attached hydrogens (tertiary/aromatic N) is 4. The molecule has 1 N–H and O–H groups in total. The summed E-state index contributed by atoms with van der Waals surface area (Å²) >= 11 is 3.55. The van der Waals surface area contributed by atoms with Gasteiger partial charge in [-0.25, -0.2) is 9.78 Å². The van der Waals surface area contributed by atoms with Crippen LogP contribution < -0.4 is 15.0 Å². The number of rotatable bonds is 4. The van der Waals surface area contributed by atoms with Gasteiger partial charge in [0.25, 0.3) is 0 Å². The summed E-state index contributed by atoms with van der Waals surface area (Å²) in [6, 6.07) is 17.6.